The normalized spacial score (nSPS) is 11.0. The molecule has 0 radical (unpaired) electrons. The summed E-state index contributed by atoms with van der Waals surface area (Å²) in [4.78, 5) is 11.1. The van der Waals surface area contributed by atoms with Crippen molar-refractivity contribution in [1.29, 1.82) is 0 Å². The van der Waals surface area contributed by atoms with Gasteiger partial charge in [0.2, 0.25) is 0 Å². The van der Waals surface area contributed by atoms with E-state index in [1.165, 1.54) is 0 Å². The van der Waals surface area contributed by atoms with Crippen LogP contribution in [0.2, 0.25) is 0 Å². The fourth-order valence-electron chi connectivity index (χ4n) is 3.08. The third-order valence-corrected chi connectivity index (χ3v) is 4.51. The molecule has 0 heterocycles. The van der Waals surface area contributed by atoms with Gasteiger partial charge in [0.25, 0.3) is 0 Å². The van der Waals surface area contributed by atoms with E-state index in [0.29, 0.717) is 5.69 Å². The van der Waals surface area contributed by atoms with Crippen LogP contribution in [0.15, 0.2) is 55.6 Å². The van der Waals surface area contributed by atoms with Gasteiger partial charge in [-0.1, -0.05) is 69.0 Å². The van der Waals surface area contributed by atoms with Crippen molar-refractivity contribution >= 4 is 22.9 Å². The first-order valence-corrected chi connectivity index (χ1v) is 8.20. The largest absolute Gasteiger partial charge is 0.465 e. The maximum Gasteiger partial charge on any atom is 0.409 e. The molecule has 0 aliphatic carbocycles. The summed E-state index contributed by atoms with van der Waals surface area (Å²) < 4.78 is 0. The third-order valence-electron chi connectivity index (χ3n) is 4.51. The van der Waals surface area contributed by atoms with Crippen LogP contribution in [0, 0.1) is 0 Å². The second-order valence-electron chi connectivity index (χ2n) is 6.92. The number of hydrogen-bond donors (Lipinski definition) is 2. The Bertz CT molecular complexity index is 830. The SMILES string of the molecule is C=C(C)c1ccc(C(C)(C)c2cccc(NC(=O)O)c2C(=C)C)cc1. The summed E-state index contributed by atoms with van der Waals surface area (Å²) in [6, 6.07) is 14.0. The second-order valence-corrected chi connectivity index (χ2v) is 6.92. The summed E-state index contributed by atoms with van der Waals surface area (Å²) in [6.07, 6.45) is -1.08. The Morgan fingerprint density at radius 2 is 1.60 bits per heavy atom. The van der Waals surface area contributed by atoms with Gasteiger partial charge in [-0.15, -0.1) is 0 Å². The molecule has 3 heteroatoms. The molecular formula is C22H25NO2. The first kappa shape index (κ1) is 18.5. The minimum Gasteiger partial charge on any atom is -0.465 e. The van der Waals surface area contributed by atoms with Crippen LogP contribution in [0.3, 0.4) is 0 Å². The van der Waals surface area contributed by atoms with Gasteiger partial charge >= 0.3 is 6.09 Å². The van der Waals surface area contributed by atoms with Crippen molar-refractivity contribution in [2.45, 2.75) is 33.1 Å². The second kappa shape index (κ2) is 6.98. The van der Waals surface area contributed by atoms with Gasteiger partial charge in [-0.05, 0) is 42.2 Å². The van der Waals surface area contributed by atoms with E-state index in [4.69, 9.17) is 5.11 Å². The molecule has 0 aliphatic rings. The van der Waals surface area contributed by atoms with Crippen LogP contribution in [-0.4, -0.2) is 11.2 Å². The average Bonchev–Trinajstić information content (AvgIpc) is 2.53. The van der Waals surface area contributed by atoms with Gasteiger partial charge in [-0.3, -0.25) is 5.32 Å². The van der Waals surface area contributed by atoms with E-state index in [1.54, 1.807) is 6.07 Å². The zero-order chi connectivity index (χ0) is 18.8. The highest BCUT2D eigenvalue weighted by Gasteiger charge is 2.27. The van der Waals surface area contributed by atoms with Crippen LogP contribution in [-0.2, 0) is 5.41 Å². The molecular weight excluding hydrogens is 310 g/mol. The van der Waals surface area contributed by atoms with Gasteiger partial charge in [0.15, 0.2) is 0 Å². The highest BCUT2D eigenvalue weighted by molar-refractivity contribution is 5.89. The standard InChI is InChI=1S/C22H25NO2/c1-14(2)16-10-12-17(13-11-16)22(5,6)18-8-7-9-19(23-21(24)25)20(18)15(3)4/h7-13,23H,1,3H2,2,4-6H3,(H,24,25). The van der Waals surface area contributed by atoms with Crippen molar-refractivity contribution in [3.8, 4) is 0 Å². The van der Waals surface area contributed by atoms with E-state index in [-0.39, 0.29) is 5.41 Å². The molecule has 1 amide bonds. The highest BCUT2D eigenvalue weighted by atomic mass is 16.4. The molecule has 0 bridgehead atoms. The fraction of sp³-hybridized carbons (Fsp3) is 0.227. The molecule has 0 aromatic heterocycles. The van der Waals surface area contributed by atoms with Crippen molar-refractivity contribution in [2.75, 3.05) is 5.32 Å². The van der Waals surface area contributed by atoms with Gasteiger partial charge in [-0.25, -0.2) is 4.79 Å². The molecule has 130 valence electrons. The van der Waals surface area contributed by atoms with Crippen LogP contribution in [0.5, 0.6) is 0 Å². The third kappa shape index (κ3) is 3.82. The molecule has 0 fully saturated rings. The molecule has 2 aromatic carbocycles. The molecule has 2 aromatic rings. The predicted molar refractivity (Wildman–Crippen MR) is 106 cm³/mol. The first-order chi connectivity index (χ1) is 11.6. The maximum atomic E-state index is 11.1. The summed E-state index contributed by atoms with van der Waals surface area (Å²) in [6.45, 7) is 16.2. The zero-order valence-electron chi connectivity index (χ0n) is 15.3. The monoisotopic (exact) mass is 335 g/mol. The molecule has 0 aliphatic heterocycles. The lowest BCUT2D eigenvalue weighted by molar-refractivity contribution is 0.209. The lowest BCUT2D eigenvalue weighted by Crippen LogP contribution is -2.22. The Kier molecular flexibility index (Phi) is 5.17. The number of benzene rings is 2. The summed E-state index contributed by atoms with van der Waals surface area (Å²) in [5, 5.41) is 11.6. The number of nitrogens with one attached hydrogen (secondary N) is 1. The minimum atomic E-state index is -1.08. The number of carbonyl (C=O) groups is 1. The predicted octanol–water partition coefficient (Wildman–Crippen LogP) is 6.17. The Hall–Kier alpha value is -2.81. The number of allylic oxidation sites excluding steroid dienone is 2. The van der Waals surface area contributed by atoms with Crippen LogP contribution >= 0.6 is 0 Å². The smallest absolute Gasteiger partial charge is 0.409 e. The number of anilines is 1. The van der Waals surface area contributed by atoms with E-state index in [0.717, 1.165) is 33.4 Å². The minimum absolute atomic E-state index is 0.307. The summed E-state index contributed by atoms with van der Waals surface area (Å²) in [7, 11) is 0. The van der Waals surface area contributed by atoms with E-state index in [2.05, 4.69) is 56.6 Å². The van der Waals surface area contributed by atoms with E-state index < -0.39 is 6.09 Å². The Labute approximate surface area is 149 Å². The molecule has 0 unspecified atom stereocenters. The zero-order valence-corrected chi connectivity index (χ0v) is 15.3. The average molecular weight is 335 g/mol. The summed E-state index contributed by atoms with van der Waals surface area (Å²) in [5.41, 5.74) is 6.24. The van der Waals surface area contributed by atoms with Gasteiger partial charge in [-0.2, -0.15) is 0 Å². The van der Waals surface area contributed by atoms with E-state index >= 15 is 0 Å². The summed E-state index contributed by atoms with van der Waals surface area (Å²) in [5.74, 6) is 0. The van der Waals surface area contributed by atoms with Crippen molar-refractivity contribution in [3.05, 3.63) is 77.9 Å². The van der Waals surface area contributed by atoms with Crippen LogP contribution < -0.4 is 5.32 Å². The molecule has 0 atom stereocenters. The fourth-order valence-corrected chi connectivity index (χ4v) is 3.08. The molecule has 0 saturated heterocycles. The first-order valence-electron chi connectivity index (χ1n) is 8.20. The Balaban J connectivity index is 2.60. The Morgan fingerprint density at radius 3 is 2.08 bits per heavy atom. The quantitative estimate of drug-likeness (QED) is 0.686. The van der Waals surface area contributed by atoms with Crippen LogP contribution in [0.1, 0.15) is 49.9 Å². The van der Waals surface area contributed by atoms with E-state index in [1.807, 2.05) is 26.0 Å². The molecule has 25 heavy (non-hydrogen) atoms. The molecule has 3 nitrogen and oxygen atoms in total. The van der Waals surface area contributed by atoms with Crippen molar-refractivity contribution in [3.63, 3.8) is 0 Å². The number of rotatable bonds is 5. The molecule has 2 N–H and O–H groups in total. The van der Waals surface area contributed by atoms with Crippen LogP contribution in [0.4, 0.5) is 10.5 Å². The van der Waals surface area contributed by atoms with Gasteiger partial charge in [0.1, 0.15) is 0 Å². The van der Waals surface area contributed by atoms with E-state index in [9.17, 15) is 4.79 Å². The van der Waals surface area contributed by atoms with Crippen molar-refractivity contribution in [2.24, 2.45) is 0 Å². The Morgan fingerprint density at radius 1 is 1.00 bits per heavy atom. The topological polar surface area (TPSA) is 49.3 Å². The van der Waals surface area contributed by atoms with Crippen molar-refractivity contribution < 1.29 is 9.90 Å². The molecule has 0 saturated carbocycles. The summed E-state index contributed by atoms with van der Waals surface area (Å²) >= 11 is 0. The number of amides is 1. The van der Waals surface area contributed by atoms with Gasteiger partial charge in [0.05, 0.1) is 5.69 Å². The molecule has 2 rings (SSSR count). The number of hydrogen-bond acceptors (Lipinski definition) is 1. The van der Waals surface area contributed by atoms with Gasteiger partial charge < -0.3 is 5.11 Å². The van der Waals surface area contributed by atoms with Crippen LogP contribution in [0.25, 0.3) is 11.1 Å². The van der Waals surface area contributed by atoms with Crippen molar-refractivity contribution in [1.82, 2.24) is 0 Å². The number of carboxylic acid groups (broad SMARTS) is 1. The lowest BCUT2D eigenvalue weighted by atomic mass is 9.74. The lowest BCUT2D eigenvalue weighted by Gasteiger charge is -2.30. The maximum absolute atomic E-state index is 11.1. The molecule has 0 spiro atoms. The van der Waals surface area contributed by atoms with Gasteiger partial charge in [0, 0.05) is 11.0 Å². The highest BCUT2D eigenvalue weighted by Crippen LogP contribution is 2.39.